The Labute approximate surface area is 85.5 Å². The highest BCUT2D eigenvalue weighted by Crippen LogP contribution is 2.01. The van der Waals surface area contributed by atoms with Crippen LogP contribution in [-0.4, -0.2) is 36.6 Å². The lowest BCUT2D eigenvalue weighted by Crippen LogP contribution is -2.31. The average molecular weight is 207 g/mol. The number of hydrogen-bond donors (Lipinski definition) is 1. The molecular weight excluding hydrogens is 186 g/mol. The van der Waals surface area contributed by atoms with E-state index >= 15 is 0 Å². The Morgan fingerprint density at radius 2 is 2.00 bits per heavy atom. The predicted molar refractivity (Wildman–Crippen MR) is 63.5 cm³/mol. The van der Waals surface area contributed by atoms with Crippen LogP contribution in [0.3, 0.4) is 0 Å². The van der Waals surface area contributed by atoms with E-state index in [1.54, 1.807) is 0 Å². The predicted octanol–water partition coefficient (Wildman–Crippen LogP) is 2.47. The zero-order valence-corrected chi connectivity index (χ0v) is 10.1. The van der Waals surface area contributed by atoms with Crippen LogP contribution in [0.1, 0.15) is 19.8 Å². The maximum atomic E-state index is 3.57. The Bertz CT molecular complexity index is 88.6. The van der Waals surface area contributed by atoms with Gasteiger partial charge in [-0.25, -0.2) is 0 Å². The Morgan fingerprint density at radius 1 is 1.25 bits per heavy atom. The van der Waals surface area contributed by atoms with E-state index in [1.807, 2.05) is 23.5 Å². The van der Waals surface area contributed by atoms with E-state index in [4.69, 9.17) is 0 Å². The molecule has 0 bridgehead atoms. The fraction of sp³-hybridized carbons (Fsp3) is 1.00. The van der Waals surface area contributed by atoms with Crippen molar-refractivity contribution in [2.75, 3.05) is 30.6 Å². The van der Waals surface area contributed by atoms with E-state index in [0.29, 0.717) is 0 Å². The molecular formula is C9H21NS2. The maximum absolute atomic E-state index is 3.57. The third-order valence-corrected chi connectivity index (χ3v) is 3.25. The van der Waals surface area contributed by atoms with Crippen molar-refractivity contribution >= 4 is 23.5 Å². The van der Waals surface area contributed by atoms with Gasteiger partial charge in [0, 0.05) is 11.8 Å². The quantitative estimate of drug-likeness (QED) is 0.614. The third kappa shape index (κ3) is 7.32. The van der Waals surface area contributed by atoms with Gasteiger partial charge in [0.25, 0.3) is 0 Å². The molecule has 0 fully saturated rings. The topological polar surface area (TPSA) is 12.0 Å². The summed E-state index contributed by atoms with van der Waals surface area (Å²) in [5, 5.41) is 3.57. The molecule has 0 aliphatic carbocycles. The summed E-state index contributed by atoms with van der Waals surface area (Å²) in [6.45, 7) is 3.43. The molecule has 0 aromatic rings. The Morgan fingerprint density at radius 3 is 2.50 bits per heavy atom. The SMILES string of the molecule is CCC(CSC)NCCCSC. The van der Waals surface area contributed by atoms with E-state index in [1.165, 1.54) is 30.9 Å². The van der Waals surface area contributed by atoms with Crippen molar-refractivity contribution in [3.8, 4) is 0 Å². The lowest BCUT2D eigenvalue weighted by Gasteiger charge is -2.14. The monoisotopic (exact) mass is 207 g/mol. The Hall–Kier alpha value is 0.660. The number of hydrogen-bond acceptors (Lipinski definition) is 3. The number of nitrogens with one attached hydrogen (secondary N) is 1. The van der Waals surface area contributed by atoms with Gasteiger partial charge in [0.05, 0.1) is 0 Å². The molecule has 1 atom stereocenters. The van der Waals surface area contributed by atoms with Gasteiger partial charge in [-0.05, 0) is 37.7 Å². The minimum atomic E-state index is 0.724. The summed E-state index contributed by atoms with van der Waals surface area (Å²) in [6.07, 6.45) is 6.89. The van der Waals surface area contributed by atoms with Crippen molar-refractivity contribution in [2.24, 2.45) is 0 Å². The van der Waals surface area contributed by atoms with Crippen LogP contribution in [0.25, 0.3) is 0 Å². The van der Waals surface area contributed by atoms with E-state index in [-0.39, 0.29) is 0 Å². The van der Waals surface area contributed by atoms with Crippen LogP contribution in [0.5, 0.6) is 0 Å². The molecule has 0 radical (unpaired) electrons. The summed E-state index contributed by atoms with van der Waals surface area (Å²) in [4.78, 5) is 0. The molecule has 0 saturated heterocycles. The number of thioether (sulfide) groups is 2. The molecule has 0 heterocycles. The first-order valence-corrected chi connectivity index (χ1v) is 7.35. The Balaban J connectivity index is 3.19. The van der Waals surface area contributed by atoms with Gasteiger partial charge < -0.3 is 5.32 Å². The molecule has 0 saturated carbocycles. The first-order valence-electron chi connectivity index (χ1n) is 4.56. The molecule has 0 aromatic heterocycles. The molecule has 0 aliphatic heterocycles. The molecule has 74 valence electrons. The van der Waals surface area contributed by atoms with Gasteiger partial charge in [-0.2, -0.15) is 23.5 Å². The lowest BCUT2D eigenvalue weighted by molar-refractivity contribution is 0.541. The summed E-state index contributed by atoms with van der Waals surface area (Å²) >= 11 is 3.86. The highest BCUT2D eigenvalue weighted by molar-refractivity contribution is 7.98. The molecule has 0 amide bonds. The molecule has 0 aromatic carbocycles. The molecule has 3 heteroatoms. The Kier molecular flexibility index (Phi) is 10.3. The molecule has 12 heavy (non-hydrogen) atoms. The largest absolute Gasteiger partial charge is 0.313 e. The van der Waals surface area contributed by atoms with Crippen molar-refractivity contribution in [2.45, 2.75) is 25.8 Å². The standard InChI is InChI=1S/C9H21NS2/c1-4-9(8-12-3)10-6-5-7-11-2/h9-10H,4-8H2,1-3H3. The van der Waals surface area contributed by atoms with Gasteiger partial charge in [-0.3, -0.25) is 0 Å². The zero-order valence-electron chi connectivity index (χ0n) is 8.43. The second-order valence-corrected chi connectivity index (χ2v) is 4.76. The molecule has 1 N–H and O–H groups in total. The molecule has 0 aliphatic rings. The van der Waals surface area contributed by atoms with Crippen LogP contribution in [0, 0.1) is 0 Å². The minimum Gasteiger partial charge on any atom is -0.313 e. The van der Waals surface area contributed by atoms with Crippen molar-refractivity contribution in [1.82, 2.24) is 5.32 Å². The fourth-order valence-corrected chi connectivity index (χ4v) is 2.23. The second-order valence-electron chi connectivity index (χ2n) is 2.86. The van der Waals surface area contributed by atoms with E-state index < -0.39 is 0 Å². The zero-order chi connectivity index (χ0) is 9.23. The van der Waals surface area contributed by atoms with Crippen molar-refractivity contribution in [3.05, 3.63) is 0 Å². The van der Waals surface area contributed by atoms with E-state index in [9.17, 15) is 0 Å². The van der Waals surface area contributed by atoms with Gasteiger partial charge in [0.15, 0.2) is 0 Å². The second kappa shape index (κ2) is 9.75. The smallest absolute Gasteiger partial charge is 0.0155 e. The number of rotatable bonds is 8. The molecule has 1 nitrogen and oxygen atoms in total. The first kappa shape index (κ1) is 12.7. The summed E-state index contributed by atoms with van der Waals surface area (Å²) in [5.74, 6) is 2.53. The lowest BCUT2D eigenvalue weighted by atomic mass is 10.2. The van der Waals surface area contributed by atoms with Gasteiger partial charge in [-0.15, -0.1) is 0 Å². The molecule has 0 rings (SSSR count). The van der Waals surface area contributed by atoms with Crippen molar-refractivity contribution in [3.63, 3.8) is 0 Å². The van der Waals surface area contributed by atoms with Gasteiger partial charge in [0.1, 0.15) is 0 Å². The highest BCUT2D eigenvalue weighted by atomic mass is 32.2. The van der Waals surface area contributed by atoms with Crippen LogP contribution >= 0.6 is 23.5 Å². The maximum Gasteiger partial charge on any atom is 0.0155 e. The van der Waals surface area contributed by atoms with E-state index in [2.05, 4.69) is 24.8 Å². The van der Waals surface area contributed by atoms with Crippen LogP contribution in [0.4, 0.5) is 0 Å². The van der Waals surface area contributed by atoms with Crippen molar-refractivity contribution < 1.29 is 0 Å². The summed E-state index contributed by atoms with van der Waals surface area (Å²) in [6, 6.07) is 0.724. The third-order valence-electron chi connectivity index (χ3n) is 1.82. The summed E-state index contributed by atoms with van der Waals surface area (Å²) in [7, 11) is 0. The van der Waals surface area contributed by atoms with Crippen LogP contribution in [0.15, 0.2) is 0 Å². The van der Waals surface area contributed by atoms with Crippen LogP contribution < -0.4 is 5.32 Å². The van der Waals surface area contributed by atoms with Crippen LogP contribution in [-0.2, 0) is 0 Å². The fourth-order valence-electron chi connectivity index (χ4n) is 1.04. The van der Waals surface area contributed by atoms with E-state index in [0.717, 1.165) is 6.04 Å². The molecule has 0 spiro atoms. The highest BCUT2D eigenvalue weighted by Gasteiger charge is 2.02. The summed E-state index contributed by atoms with van der Waals surface area (Å²) in [5.41, 5.74) is 0. The van der Waals surface area contributed by atoms with Gasteiger partial charge >= 0.3 is 0 Å². The minimum absolute atomic E-state index is 0.724. The average Bonchev–Trinajstić information content (AvgIpc) is 2.10. The molecule has 1 unspecified atom stereocenters. The van der Waals surface area contributed by atoms with Gasteiger partial charge in [0.2, 0.25) is 0 Å². The van der Waals surface area contributed by atoms with Crippen molar-refractivity contribution in [1.29, 1.82) is 0 Å². The normalized spacial score (nSPS) is 13.2. The first-order chi connectivity index (χ1) is 5.85. The summed E-state index contributed by atoms with van der Waals surface area (Å²) < 4.78 is 0. The van der Waals surface area contributed by atoms with Crippen LogP contribution in [0.2, 0.25) is 0 Å². The van der Waals surface area contributed by atoms with Gasteiger partial charge in [-0.1, -0.05) is 6.92 Å².